The van der Waals surface area contributed by atoms with Crippen molar-refractivity contribution in [2.45, 2.75) is 72.3 Å². The van der Waals surface area contributed by atoms with E-state index in [0.717, 1.165) is 5.57 Å². The molecule has 6 unspecified atom stereocenters. The van der Waals surface area contributed by atoms with E-state index >= 15 is 0 Å². The van der Waals surface area contributed by atoms with Crippen LogP contribution in [0.15, 0.2) is 23.8 Å². The zero-order valence-electron chi connectivity index (χ0n) is 18.1. The third kappa shape index (κ3) is 1.88. The van der Waals surface area contributed by atoms with Gasteiger partial charge >= 0.3 is 0 Å². The van der Waals surface area contributed by atoms with Crippen molar-refractivity contribution < 1.29 is 24.6 Å². The van der Waals surface area contributed by atoms with Crippen molar-refractivity contribution in [1.29, 1.82) is 0 Å². The lowest BCUT2D eigenvalue weighted by Crippen LogP contribution is -2.72. The van der Waals surface area contributed by atoms with Crippen LogP contribution in [-0.4, -0.2) is 39.8 Å². The van der Waals surface area contributed by atoms with Crippen LogP contribution in [0.4, 0.5) is 0 Å². The molecule has 0 aromatic rings. The van der Waals surface area contributed by atoms with E-state index < -0.39 is 45.1 Å². The number of Topliss-reactive ketones (excluding diaryl/α,β-unsaturated/α-hetero) is 2. The number of hydrogen-bond acceptors (Lipinski definition) is 5. The minimum atomic E-state index is -1.70. The molecule has 0 aromatic heterocycles. The van der Waals surface area contributed by atoms with Gasteiger partial charge in [0.2, 0.25) is 0 Å². The maximum Gasteiger partial charge on any atom is 0.190 e. The number of carbonyl (C=O) groups excluding carboxylic acids is 3. The first kappa shape index (κ1) is 20.7. The van der Waals surface area contributed by atoms with Gasteiger partial charge in [0, 0.05) is 22.7 Å². The second-order valence-corrected chi connectivity index (χ2v) is 10.8. The highest BCUT2D eigenvalue weighted by molar-refractivity contribution is 6.02. The molecule has 5 heteroatoms. The van der Waals surface area contributed by atoms with E-state index in [0.29, 0.717) is 19.3 Å². The fourth-order valence-corrected chi connectivity index (χ4v) is 7.92. The van der Waals surface area contributed by atoms with Crippen LogP contribution in [-0.2, 0) is 14.4 Å². The molecule has 4 aliphatic carbocycles. The smallest absolute Gasteiger partial charge is 0.190 e. The lowest BCUT2D eigenvalue weighted by Gasteiger charge is -2.71. The summed E-state index contributed by atoms with van der Waals surface area (Å²) < 4.78 is 0. The molecular formula is C24H32O5. The van der Waals surface area contributed by atoms with Gasteiger partial charge in [-0.15, -0.1) is 0 Å². The largest absolute Gasteiger partial charge is 0.388 e. The van der Waals surface area contributed by atoms with E-state index in [9.17, 15) is 24.6 Å². The second-order valence-electron chi connectivity index (χ2n) is 10.8. The molecule has 0 amide bonds. The van der Waals surface area contributed by atoms with Gasteiger partial charge in [0.25, 0.3) is 0 Å². The Balaban J connectivity index is 1.95. The molecule has 4 rings (SSSR count). The van der Waals surface area contributed by atoms with Gasteiger partial charge in [0.1, 0.15) is 18.0 Å². The van der Waals surface area contributed by atoms with Crippen LogP contribution in [0.1, 0.15) is 66.7 Å². The van der Waals surface area contributed by atoms with Crippen molar-refractivity contribution in [3.8, 4) is 0 Å². The van der Waals surface area contributed by atoms with Crippen LogP contribution in [0, 0.1) is 27.1 Å². The highest BCUT2D eigenvalue weighted by atomic mass is 16.3. The molecule has 29 heavy (non-hydrogen) atoms. The topological polar surface area (TPSA) is 91.7 Å². The van der Waals surface area contributed by atoms with Crippen LogP contribution < -0.4 is 0 Å². The highest BCUT2D eigenvalue weighted by Crippen LogP contribution is 2.80. The van der Waals surface area contributed by atoms with Crippen LogP contribution in [0.5, 0.6) is 0 Å². The van der Waals surface area contributed by atoms with Crippen LogP contribution in [0.25, 0.3) is 0 Å². The Morgan fingerprint density at radius 1 is 1.00 bits per heavy atom. The summed E-state index contributed by atoms with van der Waals surface area (Å²) in [7, 11) is 0. The predicted molar refractivity (Wildman–Crippen MR) is 108 cm³/mol. The van der Waals surface area contributed by atoms with E-state index in [1.165, 1.54) is 0 Å². The molecule has 0 saturated heterocycles. The summed E-state index contributed by atoms with van der Waals surface area (Å²) >= 11 is 0. The Bertz CT molecular complexity index is 901. The average Bonchev–Trinajstić information content (AvgIpc) is 2.88. The summed E-state index contributed by atoms with van der Waals surface area (Å²) in [5, 5.41) is 21.0. The van der Waals surface area contributed by atoms with E-state index in [1.807, 2.05) is 19.9 Å². The fourth-order valence-electron chi connectivity index (χ4n) is 7.92. The van der Waals surface area contributed by atoms with Gasteiger partial charge in [0.05, 0.1) is 0 Å². The summed E-state index contributed by atoms with van der Waals surface area (Å²) in [6.07, 6.45) is 7.55. The van der Waals surface area contributed by atoms with Gasteiger partial charge in [-0.3, -0.25) is 14.4 Å². The van der Waals surface area contributed by atoms with Gasteiger partial charge < -0.3 is 10.2 Å². The van der Waals surface area contributed by atoms with Gasteiger partial charge in [-0.2, -0.15) is 0 Å². The van der Waals surface area contributed by atoms with E-state index in [1.54, 1.807) is 12.2 Å². The van der Waals surface area contributed by atoms with Gasteiger partial charge in [0.15, 0.2) is 11.6 Å². The molecule has 0 bridgehead atoms. The summed E-state index contributed by atoms with van der Waals surface area (Å²) in [6.45, 7) is 9.49. The van der Waals surface area contributed by atoms with Crippen molar-refractivity contribution in [2.75, 3.05) is 6.61 Å². The fraction of sp³-hybridized carbons (Fsp3) is 0.708. The maximum atomic E-state index is 14.0. The summed E-state index contributed by atoms with van der Waals surface area (Å²) in [5.41, 5.74) is -3.94. The van der Waals surface area contributed by atoms with Crippen molar-refractivity contribution in [3.05, 3.63) is 23.8 Å². The molecule has 0 heterocycles. The zero-order chi connectivity index (χ0) is 21.7. The first-order valence-corrected chi connectivity index (χ1v) is 10.6. The van der Waals surface area contributed by atoms with E-state index in [4.69, 9.17) is 0 Å². The minimum absolute atomic E-state index is 0.0261. The van der Waals surface area contributed by atoms with Crippen molar-refractivity contribution in [3.63, 3.8) is 0 Å². The summed E-state index contributed by atoms with van der Waals surface area (Å²) in [6, 6.07) is 0. The molecule has 3 fully saturated rings. The monoisotopic (exact) mass is 400 g/mol. The number of rotatable bonds is 2. The van der Waals surface area contributed by atoms with Crippen LogP contribution >= 0.6 is 0 Å². The van der Waals surface area contributed by atoms with Crippen molar-refractivity contribution >= 4 is 17.3 Å². The Morgan fingerprint density at radius 3 is 2.28 bits per heavy atom. The quantitative estimate of drug-likeness (QED) is 0.744. The van der Waals surface area contributed by atoms with E-state index in [-0.39, 0.29) is 24.4 Å². The molecular weight excluding hydrogens is 368 g/mol. The van der Waals surface area contributed by atoms with Gasteiger partial charge in [-0.25, -0.2) is 0 Å². The molecule has 0 aliphatic heterocycles. The molecule has 0 radical (unpaired) electrons. The number of hydrogen-bond donors (Lipinski definition) is 2. The SMILES string of the molecule is CC12C=CC(=O)C=C1CCC1(C)C3(C)CCC(O)(C(=O)CO)C3(C)CC(=O)C21C. The first-order chi connectivity index (χ1) is 13.3. The van der Waals surface area contributed by atoms with Crippen molar-refractivity contribution in [1.82, 2.24) is 0 Å². The van der Waals surface area contributed by atoms with E-state index in [2.05, 4.69) is 20.8 Å². The number of aliphatic hydroxyl groups excluding tert-OH is 1. The highest BCUT2D eigenvalue weighted by Gasteiger charge is 2.80. The lowest BCUT2D eigenvalue weighted by molar-refractivity contribution is -0.228. The molecule has 0 spiro atoms. The van der Waals surface area contributed by atoms with Crippen LogP contribution in [0.3, 0.4) is 0 Å². The first-order valence-electron chi connectivity index (χ1n) is 10.6. The second kappa shape index (κ2) is 5.55. The Morgan fingerprint density at radius 2 is 1.66 bits per heavy atom. The minimum Gasteiger partial charge on any atom is -0.388 e. The molecule has 5 nitrogen and oxygen atoms in total. The number of carbonyl (C=O) groups is 3. The molecule has 2 N–H and O–H groups in total. The van der Waals surface area contributed by atoms with Crippen molar-refractivity contribution in [2.24, 2.45) is 27.1 Å². The van der Waals surface area contributed by atoms with Gasteiger partial charge in [-0.1, -0.05) is 46.3 Å². The maximum absolute atomic E-state index is 14.0. The summed E-state index contributed by atoms with van der Waals surface area (Å²) in [4.78, 5) is 38.6. The summed E-state index contributed by atoms with van der Waals surface area (Å²) in [5.74, 6) is -0.597. The number of ketones is 3. The Kier molecular flexibility index (Phi) is 3.96. The number of allylic oxidation sites excluding steroid dienone is 4. The average molecular weight is 401 g/mol. The standard InChI is InChI=1S/C24H32O5/c1-19-8-7-16(26)12-15(19)6-9-21(3)20(2)10-11-24(29,18(28)14-25)22(20,4)13-17(27)23(19,21)5/h7-8,12,25,29H,6,9-11,13-14H2,1-5H3. The third-order valence-corrected chi connectivity index (χ3v) is 10.6. The number of aliphatic hydroxyl groups is 2. The Labute approximate surface area is 172 Å². The normalized spacial score (nSPS) is 51.2. The molecule has 4 aliphatic rings. The zero-order valence-corrected chi connectivity index (χ0v) is 18.1. The molecule has 0 aromatic carbocycles. The molecule has 158 valence electrons. The third-order valence-electron chi connectivity index (χ3n) is 10.6. The lowest BCUT2D eigenvalue weighted by atomic mass is 9.30. The van der Waals surface area contributed by atoms with Crippen LogP contribution in [0.2, 0.25) is 0 Å². The number of fused-ring (bicyclic) bond motifs is 5. The molecule has 6 atom stereocenters. The Hall–Kier alpha value is -1.59. The van der Waals surface area contributed by atoms with Gasteiger partial charge in [-0.05, 0) is 48.7 Å². The molecule has 3 saturated carbocycles. The predicted octanol–water partition coefficient (Wildman–Crippen LogP) is 2.94.